The second kappa shape index (κ2) is 5.52. The van der Waals surface area contributed by atoms with Crippen molar-refractivity contribution in [1.82, 2.24) is 5.16 Å². The van der Waals surface area contributed by atoms with Gasteiger partial charge in [0, 0.05) is 17.8 Å². The van der Waals surface area contributed by atoms with Crippen LogP contribution in [-0.2, 0) is 6.42 Å². The third-order valence-electron chi connectivity index (χ3n) is 2.81. The summed E-state index contributed by atoms with van der Waals surface area (Å²) in [5, 5.41) is 17.1. The fourth-order valence-electron chi connectivity index (χ4n) is 1.84. The van der Waals surface area contributed by atoms with E-state index in [0.29, 0.717) is 29.1 Å². The average Bonchev–Trinajstić information content (AvgIpc) is 2.80. The van der Waals surface area contributed by atoms with Gasteiger partial charge in [-0.1, -0.05) is 18.1 Å². The van der Waals surface area contributed by atoms with E-state index in [0.717, 1.165) is 0 Å². The molecule has 1 N–H and O–H groups in total. The number of nitrogens with one attached hydrogen (secondary N) is 1. The number of carbonyl (C=O) groups excluding carboxylic acids is 1. The number of carbonyl (C=O) groups is 1. The Morgan fingerprint density at radius 2 is 2.25 bits per heavy atom. The quantitative estimate of drug-likeness (QED) is 0.683. The number of nitro groups is 1. The van der Waals surface area contributed by atoms with E-state index in [2.05, 4.69) is 10.5 Å². The van der Waals surface area contributed by atoms with Crippen LogP contribution >= 0.6 is 0 Å². The van der Waals surface area contributed by atoms with Crippen LogP contribution in [0.15, 0.2) is 28.8 Å². The number of hydrogen-bond acceptors (Lipinski definition) is 5. The number of aromatic nitrogens is 1. The smallest absolute Gasteiger partial charge is 0.271 e. The molecule has 0 bridgehead atoms. The summed E-state index contributed by atoms with van der Waals surface area (Å²) in [5.74, 6) is 0.0332. The Morgan fingerprint density at radius 3 is 2.90 bits per heavy atom. The zero-order valence-electron chi connectivity index (χ0n) is 11.0. The molecule has 0 spiro atoms. The van der Waals surface area contributed by atoms with E-state index in [9.17, 15) is 14.9 Å². The highest BCUT2D eigenvalue weighted by Gasteiger charge is 2.19. The van der Waals surface area contributed by atoms with Crippen LogP contribution in [0.4, 0.5) is 11.4 Å². The van der Waals surface area contributed by atoms with Gasteiger partial charge in [-0.25, -0.2) is 0 Å². The van der Waals surface area contributed by atoms with Crippen molar-refractivity contribution in [2.24, 2.45) is 0 Å². The van der Waals surface area contributed by atoms with E-state index in [1.807, 2.05) is 6.92 Å². The lowest BCUT2D eigenvalue weighted by Gasteiger charge is -2.04. The number of non-ortho nitro benzene ring substituents is 1. The third-order valence-corrected chi connectivity index (χ3v) is 2.81. The Labute approximate surface area is 114 Å². The zero-order chi connectivity index (χ0) is 14.7. The van der Waals surface area contributed by atoms with Crippen molar-refractivity contribution in [3.63, 3.8) is 0 Å². The molecule has 0 aliphatic heterocycles. The van der Waals surface area contributed by atoms with Gasteiger partial charge in [-0.05, 0) is 19.4 Å². The molecule has 1 amide bonds. The molecule has 1 heterocycles. The Morgan fingerprint density at radius 1 is 1.50 bits per heavy atom. The van der Waals surface area contributed by atoms with Gasteiger partial charge in [0.25, 0.3) is 11.6 Å². The number of aryl methyl sites for hydroxylation is 2. The molecular weight excluding hydrogens is 262 g/mol. The first-order valence-electron chi connectivity index (χ1n) is 6.04. The maximum Gasteiger partial charge on any atom is 0.271 e. The van der Waals surface area contributed by atoms with Crippen LogP contribution in [0.2, 0.25) is 0 Å². The van der Waals surface area contributed by atoms with Gasteiger partial charge < -0.3 is 9.84 Å². The van der Waals surface area contributed by atoms with Crippen LogP contribution in [0.25, 0.3) is 0 Å². The largest absolute Gasteiger partial charge is 0.361 e. The van der Waals surface area contributed by atoms with Gasteiger partial charge in [0.2, 0.25) is 0 Å². The highest BCUT2D eigenvalue weighted by Crippen LogP contribution is 2.20. The molecule has 7 heteroatoms. The van der Waals surface area contributed by atoms with Gasteiger partial charge in [0.1, 0.15) is 11.3 Å². The van der Waals surface area contributed by atoms with Crippen LogP contribution in [0.1, 0.15) is 28.7 Å². The highest BCUT2D eigenvalue weighted by atomic mass is 16.6. The number of nitrogens with zero attached hydrogens (tertiary/aromatic N) is 2. The number of nitro benzene ring substituents is 1. The molecule has 20 heavy (non-hydrogen) atoms. The molecule has 1 aromatic carbocycles. The molecule has 104 valence electrons. The predicted molar refractivity (Wildman–Crippen MR) is 71.7 cm³/mol. The van der Waals surface area contributed by atoms with Gasteiger partial charge in [-0.2, -0.15) is 0 Å². The summed E-state index contributed by atoms with van der Waals surface area (Å²) in [5.41, 5.74) is 1.21. The standard InChI is InChI=1S/C13H13N3O4/c1-3-11-12(8(2)20-15-11)13(17)14-9-5-4-6-10(7-9)16(18)19/h4-7H,3H2,1-2H3,(H,14,17). The lowest BCUT2D eigenvalue weighted by atomic mass is 10.1. The van der Waals surface area contributed by atoms with Crippen LogP contribution in [0.5, 0.6) is 0 Å². The Kier molecular flexibility index (Phi) is 3.79. The minimum Gasteiger partial charge on any atom is -0.361 e. The molecule has 1 aromatic heterocycles. The van der Waals surface area contributed by atoms with Gasteiger partial charge >= 0.3 is 0 Å². The second-order valence-corrected chi connectivity index (χ2v) is 4.18. The lowest BCUT2D eigenvalue weighted by Crippen LogP contribution is -2.14. The molecular formula is C13H13N3O4. The first kappa shape index (κ1) is 13.7. The van der Waals surface area contributed by atoms with Crippen molar-refractivity contribution in [3.8, 4) is 0 Å². The van der Waals surface area contributed by atoms with Gasteiger partial charge in [-0.15, -0.1) is 0 Å². The number of rotatable bonds is 4. The molecule has 0 aliphatic rings. The van der Waals surface area contributed by atoms with Crippen molar-refractivity contribution in [2.45, 2.75) is 20.3 Å². The molecule has 0 aliphatic carbocycles. The molecule has 0 atom stereocenters. The van der Waals surface area contributed by atoms with Crippen LogP contribution in [-0.4, -0.2) is 16.0 Å². The summed E-state index contributed by atoms with van der Waals surface area (Å²) in [6.45, 7) is 3.51. The number of amides is 1. The topological polar surface area (TPSA) is 98.3 Å². The molecule has 0 radical (unpaired) electrons. The summed E-state index contributed by atoms with van der Waals surface area (Å²) >= 11 is 0. The van der Waals surface area contributed by atoms with Crippen LogP contribution < -0.4 is 5.32 Å². The third kappa shape index (κ3) is 2.66. The minimum atomic E-state index is -0.516. The van der Waals surface area contributed by atoms with Gasteiger partial charge in [0.15, 0.2) is 0 Å². The van der Waals surface area contributed by atoms with Gasteiger partial charge in [-0.3, -0.25) is 14.9 Å². The average molecular weight is 275 g/mol. The Hall–Kier alpha value is -2.70. The summed E-state index contributed by atoms with van der Waals surface area (Å²) in [4.78, 5) is 22.3. The summed E-state index contributed by atoms with van der Waals surface area (Å²) in [7, 11) is 0. The molecule has 0 saturated heterocycles. The first-order chi connectivity index (χ1) is 9.52. The van der Waals surface area contributed by atoms with Crippen molar-refractivity contribution >= 4 is 17.3 Å². The van der Waals surface area contributed by atoms with E-state index in [1.54, 1.807) is 13.0 Å². The fraction of sp³-hybridized carbons (Fsp3) is 0.231. The normalized spacial score (nSPS) is 10.3. The number of hydrogen-bond donors (Lipinski definition) is 1. The molecule has 7 nitrogen and oxygen atoms in total. The monoisotopic (exact) mass is 275 g/mol. The zero-order valence-corrected chi connectivity index (χ0v) is 11.0. The Balaban J connectivity index is 2.25. The molecule has 2 aromatic rings. The molecule has 0 fully saturated rings. The molecule has 0 unspecified atom stereocenters. The van der Waals surface area contributed by atoms with E-state index in [4.69, 9.17) is 4.52 Å². The van der Waals surface area contributed by atoms with E-state index in [-0.39, 0.29) is 11.6 Å². The van der Waals surface area contributed by atoms with E-state index < -0.39 is 4.92 Å². The van der Waals surface area contributed by atoms with Crippen LogP contribution in [0, 0.1) is 17.0 Å². The maximum atomic E-state index is 12.2. The summed E-state index contributed by atoms with van der Waals surface area (Å²) in [6, 6.07) is 5.75. The minimum absolute atomic E-state index is 0.0828. The molecule has 0 saturated carbocycles. The van der Waals surface area contributed by atoms with E-state index in [1.165, 1.54) is 18.2 Å². The second-order valence-electron chi connectivity index (χ2n) is 4.18. The maximum absolute atomic E-state index is 12.2. The highest BCUT2D eigenvalue weighted by molar-refractivity contribution is 6.05. The van der Waals surface area contributed by atoms with Crippen molar-refractivity contribution in [2.75, 3.05) is 5.32 Å². The number of anilines is 1. The molecule has 2 rings (SSSR count). The first-order valence-corrected chi connectivity index (χ1v) is 6.04. The predicted octanol–water partition coefficient (Wildman–Crippen LogP) is 2.71. The summed E-state index contributed by atoms with van der Waals surface area (Å²) < 4.78 is 4.99. The SMILES string of the molecule is CCc1noc(C)c1C(=O)Nc1cccc([N+](=O)[O-])c1. The number of benzene rings is 1. The fourth-order valence-corrected chi connectivity index (χ4v) is 1.84. The van der Waals surface area contributed by atoms with Crippen molar-refractivity contribution < 1.29 is 14.2 Å². The van der Waals surface area contributed by atoms with Gasteiger partial charge in [0.05, 0.1) is 10.6 Å². The van der Waals surface area contributed by atoms with Crippen LogP contribution in [0.3, 0.4) is 0 Å². The summed E-state index contributed by atoms with van der Waals surface area (Å²) in [6.07, 6.45) is 0.565. The van der Waals surface area contributed by atoms with Crippen molar-refractivity contribution in [3.05, 3.63) is 51.4 Å². The van der Waals surface area contributed by atoms with E-state index >= 15 is 0 Å². The lowest BCUT2D eigenvalue weighted by molar-refractivity contribution is -0.384. The Bertz CT molecular complexity index is 663. The van der Waals surface area contributed by atoms with Crippen molar-refractivity contribution in [1.29, 1.82) is 0 Å².